The lowest BCUT2D eigenvalue weighted by molar-refractivity contribution is 0.0688. The molecule has 6 nitrogen and oxygen atoms in total. The van der Waals surface area contributed by atoms with Gasteiger partial charge >= 0.3 is 0 Å². The summed E-state index contributed by atoms with van der Waals surface area (Å²) in [5.41, 5.74) is 1.34. The highest BCUT2D eigenvalue weighted by Crippen LogP contribution is 2.26. The van der Waals surface area contributed by atoms with Gasteiger partial charge in [-0.15, -0.1) is 24.0 Å². The quantitative estimate of drug-likeness (QED) is 0.437. The average Bonchev–Trinajstić information content (AvgIpc) is 3.21. The number of aromatic nitrogens is 2. The van der Waals surface area contributed by atoms with E-state index in [0.717, 1.165) is 58.2 Å². The van der Waals surface area contributed by atoms with Gasteiger partial charge < -0.3 is 15.0 Å². The molecule has 0 spiro atoms. The Balaban J connectivity index is 0.00000208. The number of likely N-dealkylation sites (tertiary alicyclic amines) is 1. The highest BCUT2D eigenvalue weighted by Gasteiger charge is 2.27. The molecule has 0 saturated carbocycles. The van der Waals surface area contributed by atoms with Crippen molar-refractivity contribution in [2.45, 2.75) is 32.1 Å². The van der Waals surface area contributed by atoms with Crippen molar-refractivity contribution in [3.8, 4) is 0 Å². The van der Waals surface area contributed by atoms with Crippen molar-refractivity contribution in [2.24, 2.45) is 18.0 Å². The zero-order valence-electron chi connectivity index (χ0n) is 14.8. The van der Waals surface area contributed by atoms with Crippen LogP contribution in [-0.2, 0) is 11.8 Å². The molecule has 0 bridgehead atoms. The van der Waals surface area contributed by atoms with Gasteiger partial charge in [0.15, 0.2) is 5.96 Å². The van der Waals surface area contributed by atoms with Crippen molar-refractivity contribution in [2.75, 3.05) is 39.4 Å². The first-order chi connectivity index (χ1) is 11.3. The number of halogens is 1. The van der Waals surface area contributed by atoms with Crippen molar-refractivity contribution >= 4 is 29.9 Å². The summed E-state index contributed by atoms with van der Waals surface area (Å²) in [5.74, 6) is 2.31. The third-order valence-electron chi connectivity index (χ3n) is 4.86. The van der Waals surface area contributed by atoms with E-state index in [2.05, 4.69) is 28.4 Å². The van der Waals surface area contributed by atoms with E-state index in [1.54, 1.807) is 0 Å². The molecule has 1 aromatic rings. The van der Waals surface area contributed by atoms with E-state index in [0.29, 0.717) is 11.8 Å². The van der Waals surface area contributed by atoms with Crippen LogP contribution in [0.4, 0.5) is 0 Å². The maximum Gasteiger partial charge on any atom is 0.193 e. The van der Waals surface area contributed by atoms with Crippen LogP contribution in [0.1, 0.15) is 37.7 Å². The van der Waals surface area contributed by atoms with Crippen LogP contribution in [-0.4, -0.2) is 60.0 Å². The molecule has 2 aliphatic heterocycles. The smallest absolute Gasteiger partial charge is 0.193 e. The molecule has 3 rings (SSSR count). The monoisotopic (exact) mass is 447 g/mol. The minimum absolute atomic E-state index is 0. The minimum atomic E-state index is 0. The largest absolute Gasteiger partial charge is 0.381 e. The number of aliphatic imine (C=N–C) groups is 1. The Morgan fingerprint density at radius 1 is 1.38 bits per heavy atom. The number of nitrogens with one attached hydrogen (secondary N) is 1. The summed E-state index contributed by atoms with van der Waals surface area (Å²) in [7, 11) is 1.98. The maximum atomic E-state index is 5.44. The Kier molecular flexibility index (Phi) is 7.80. The first-order valence-corrected chi connectivity index (χ1v) is 8.85. The second kappa shape index (κ2) is 9.60. The molecule has 2 saturated heterocycles. The fraction of sp³-hybridized carbons (Fsp3) is 0.765. The molecular formula is C17H30IN5O. The van der Waals surface area contributed by atoms with Crippen LogP contribution >= 0.6 is 24.0 Å². The Bertz CT molecular complexity index is 527. The first kappa shape index (κ1) is 19.5. The third kappa shape index (κ3) is 5.08. The number of ether oxygens (including phenoxy) is 1. The molecule has 0 radical (unpaired) electrons. The summed E-state index contributed by atoms with van der Waals surface area (Å²) in [6, 6.07) is 0. The van der Waals surface area contributed by atoms with E-state index in [4.69, 9.17) is 9.73 Å². The molecule has 0 aliphatic carbocycles. The second-order valence-corrected chi connectivity index (χ2v) is 6.63. The maximum absolute atomic E-state index is 5.44. The molecular weight excluding hydrogens is 417 g/mol. The van der Waals surface area contributed by atoms with Crippen LogP contribution < -0.4 is 5.32 Å². The molecule has 0 amide bonds. The Hall–Kier alpha value is -0.830. The zero-order valence-corrected chi connectivity index (χ0v) is 17.1. The van der Waals surface area contributed by atoms with Gasteiger partial charge in [-0.25, -0.2) is 0 Å². The molecule has 1 atom stereocenters. The summed E-state index contributed by atoms with van der Waals surface area (Å²) in [6.07, 6.45) is 7.59. The molecule has 1 aromatic heterocycles. The van der Waals surface area contributed by atoms with Crippen molar-refractivity contribution in [3.63, 3.8) is 0 Å². The fourth-order valence-electron chi connectivity index (χ4n) is 3.45. The summed E-state index contributed by atoms with van der Waals surface area (Å²) < 4.78 is 7.33. The van der Waals surface area contributed by atoms with Gasteiger partial charge in [0.05, 0.1) is 6.20 Å². The Labute approximate surface area is 162 Å². The van der Waals surface area contributed by atoms with Crippen LogP contribution in [0, 0.1) is 5.92 Å². The predicted molar refractivity (Wildman–Crippen MR) is 107 cm³/mol. The van der Waals surface area contributed by atoms with Gasteiger partial charge in [0.2, 0.25) is 0 Å². The van der Waals surface area contributed by atoms with Gasteiger partial charge in [0.1, 0.15) is 0 Å². The van der Waals surface area contributed by atoms with E-state index >= 15 is 0 Å². The molecule has 1 unspecified atom stereocenters. The highest BCUT2D eigenvalue weighted by atomic mass is 127. The number of hydrogen-bond donors (Lipinski definition) is 1. The van der Waals surface area contributed by atoms with Crippen LogP contribution in [0.15, 0.2) is 17.4 Å². The van der Waals surface area contributed by atoms with E-state index in [-0.39, 0.29) is 24.0 Å². The predicted octanol–water partition coefficient (Wildman–Crippen LogP) is 2.22. The number of hydrogen-bond acceptors (Lipinski definition) is 3. The summed E-state index contributed by atoms with van der Waals surface area (Å²) in [4.78, 5) is 7.31. The van der Waals surface area contributed by atoms with E-state index < -0.39 is 0 Å². The molecule has 2 fully saturated rings. The molecule has 136 valence electrons. The van der Waals surface area contributed by atoms with Crippen molar-refractivity contribution in [3.05, 3.63) is 18.0 Å². The molecule has 3 heterocycles. The second-order valence-electron chi connectivity index (χ2n) is 6.63. The van der Waals surface area contributed by atoms with Gasteiger partial charge in [0, 0.05) is 58.6 Å². The zero-order chi connectivity index (χ0) is 16.1. The van der Waals surface area contributed by atoms with Crippen LogP contribution in [0.3, 0.4) is 0 Å². The van der Waals surface area contributed by atoms with E-state index in [1.165, 1.54) is 12.0 Å². The number of aryl methyl sites for hydroxylation is 1. The van der Waals surface area contributed by atoms with Gasteiger partial charge in [-0.1, -0.05) is 0 Å². The highest BCUT2D eigenvalue weighted by molar-refractivity contribution is 14.0. The standard InChI is InChI=1S/C17H29N5O.HI/c1-3-18-17(19-10-14-5-8-23-9-6-14)22-7-4-15(13-22)16-11-20-21(2)12-16;/h11-12,14-15H,3-10,13H2,1-2H3,(H,18,19);1H. The van der Waals surface area contributed by atoms with Crippen LogP contribution in [0.5, 0.6) is 0 Å². The van der Waals surface area contributed by atoms with E-state index in [9.17, 15) is 0 Å². The normalized spacial score (nSPS) is 22.5. The minimum Gasteiger partial charge on any atom is -0.381 e. The third-order valence-corrected chi connectivity index (χ3v) is 4.86. The average molecular weight is 447 g/mol. The Morgan fingerprint density at radius 2 is 2.17 bits per heavy atom. The van der Waals surface area contributed by atoms with Crippen molar-refractivity contribution in [1.82, 2.24) is 20.0 Å². The first-order valence-electron chi connectivity index (χ1n) is 8.85. The lowest BCUT2D eigenvalue weighted by Gasteiger charge is -2.24. The van der Waals surface area contributed by atoms with Crippen molar-refractivity contribution in [1.29, 1.82) is 0 Å². The lowest BCUT2D eigenvalue weighted by atomic mass is 10.0. The van der Waals surface area contributed by atoms with Gasteiger partial charge in [0.25, 0.3) is 0 Å². The Morgan fingerprint density at radius 3 is 2.83 bits per heavy atom. The van der Waals surface area contributed by atoms with Crippen LogP contribution in [0.25, 0.3) is 0 Å². The molecule has 24 heavy (non-hydrogen) atoms. The summed E-state index contributed by atoms with van der Waals surface area (Å²) in [5, 5.41) is 7.77. The number of guanidine groups is 1. The molecule has 2 aliphatic rings. The van der Waals surface area contributed by atoms with Gasteiger partial charge in [-0.3, -0.25) is 9.67 Å². The van der Waals surface area contributed by atoms with Crippen LogP contribution in [0.2, 0.25) is 0 Å². The fourth-order valence-corrected chi connectivity index (χ4v) is 3.45. The van der Waals surface area contributed by atoms with Gasteiger partial charge in [-0.05, 0) is 37.7 Å². The number of nitrogens with zero attached hydrogens (tertiary/aromatic N) is 4. The van der Waals surface area contributed by atoms with Gasteiger partial charge in [-0.2, -0.15) is 5.10 Å². The lowest BCUT2D eigenvalue weighted by Crippen LogP contribution is -2.40. The topological polar surface area (TPSA) is 54.7 Å². The number of rotatable bonds is 4. The summed E-state index contributed by atoms with van der Waals surface area (Å²) in [6.45, 7) is 7.86. The summed E-state index contributed by atoms with van der Waals surface area (Å²) >= 11 is 0. The molecule has 0 aromatic carbocycles. The molecule has 1 N–H and O–H groups in total. The van der Waals surface area contributed by atoms with E-state index in [1.807, 2.05) is 17.9 Å². The SMILES string of the molecule is CCNC(=NCC1CCOCC1)N1CCC(c2cnn(C)c2)C1.I. The van der Waals surface area contributed by atoms with Crippen molar-refractivity contribution < 1.29 is 4.74 Å². The molecule has 7 heteroatoms.